The largest absolute Gasteiger partial charge is 0.501 e. The molecule has 1 aromatic carbocycles. The molecule has 7 rings (SSSR count). The zero-order valence-electron chi connectivity index (χ0n) is 21.0. The first-order chi connectivity index (χ1) is 18.4. The van der Waals surface area contributed by atoms with Gasteiger partial charge in [0.15, 0.2) is 5.82 Å². The fourth-order valence-electron chi connectivity index (χ4n) is 6.84. The van der Waals surface area contributed by atoms with Gasteiger partial charge in [-0.2, -0.15) is 18.3 Å². The predicted octanol–water partition coefficient (Wildman–Crippen LogP) is 3.23. The van der Waals surface area contributed by atoms with Gasteiger partial charge in [-0.1, -0.05) is 6.07 Å². The van der Waals surface area contributed by atoms with Crippen LogP contribution in [-0.4, -0.2) is 89.1 Å². The number of benzene rings is 1. The molecule has 2 saturated carbocycles. The number of aromatic amines is 1. The Morgan fingerprint density at radius 2 is 1.64 bits per heavy atom. The van der Waals surface area contributed by atoms with Gasteiger partial charge in [-0.25, -0.2) is 22.6 Å². The molecule has 4 heterocycles. The lowest BCUT2D eigenvalue weighted by Crippen LogP contribution is -2.75. The third-order valence-corrected chi connectivity index (χ3v) is 10.5. The van der Waals surface area contributed by atoms with E-state index in [0.29, 0.717) is 44.1 Å². The first-order valence-corrected chi connectivity index (χ1v) is 14.6. The van der Waals surface area contributed by atoms with Gasteiger partial charge in [0.25, 0.3) is 9.84 Å². The van der Waals surface area contributed by atoms with Gasteiger partial charge >= 0.3 is 11.5 Å². The maximum atomic E-state index is 14.4. The van der Waals surface area contributed by atoms with Gasteiger partial charge in [-0.05, 0) is 37.8 Å². The normalized spacial score (nSPS) is 24.3. The molecule has 3 aliphatic heterocycles. The van der Waals surface area contributed by atoms with Crippen molar-refractivity contribution in [1.29, 1.82) is 0 Å². The Bertz CT molecular complexity index is 1430. The summed E-state index contributed by atoms with van der Waals surface area (Å²) >= 11 is 0. The topological polar surface area (TPSA) is 102 Å². The van der Waals surface area contributed by atoms with Crippen molar-refractivity contribution >= 4 is 15.9 Å². The molecule has 1 aromatic heterocycles. The van der Waals surface area contributed by atoms with Gasteiger partial charge in [0.1, 0.15) is 11.6 Å². The third kappa shape index (κ3) is 4.12. The summed E-state index contributed by atoms with van der Waals surface area (Å²) in [5.41, 5.74) is -5.19. The van der Waals surface area contributed by atoms with Gasteiger partial charge in [0.2, 0.25) is 0 Å². The van der Waals surface area contributed by atoms with E-state index in [1.165, 1.54) is 12.8 Å². The lowest BCUT2D eigenvalue weighted by atomic mass is 9.57. The number of carbonyl (C=O) groups is 1. The highest BCUT2D eigenvalue weighted by Crippen LogP contribution is 2.56. The fraction of sp³-hybridized carbons (Fsp3) is 0.640. The molecule has 2 amide bonds. The van der Waals surface area contributed by atoms with Gasteiger partial charge in [-0.3, -0.25) is 10.00 Å². The second kappa shape index (κ2) is 8.15. The van der Waals surface area contributed by atoms with Crippen LogP contribution in [-0.2, 0) is 16.4 Å². The molecule has 0 radical (unpaired) electrons. The minimum Gasteiger partial charge on any atom is -0.323 e. The molecule has 1 N–H and O–H groups in total. The number of likely N-dealkylation sites (tertiary alicyclic amines) is 3. The van der Waals surface area contributed by atoms with E-state index in [1.54, 1.807) is 0 Å². The number of urea groups is 1. The molecule has 0 atom stereocenters. The summed E-state index contributed by atoms with van der Waals surface area (Å²) in [6.07, 6.45) is 4.39. The molecule has 2 aromatic rings. The Morgan fingerprint density at radius 1 is 1.00 bits per heavy atom. The molecule has 14 heteroatoms. The highest BCUT2D eigenvalue weighted by Gasteiger charge is 2.58. The first-order valence-electron chi connectivity index (χ1n) is 13.1. The van der Waals surface area contributed by atoms with E-state index in [2.05, 4.69) is 15.2 Å². The van der Waals surface area contributed by atoms with Gasteiger partial charge in [0, 0.05) is 74.0 Å². The van der Waals surface area contributed by atoms with Crippen molar-refractivity contribution in [1.82, 2.24) is 29.9 Å². The van der Waals surface area contributed by atoms with Crippen molar-refractivity contribution in [3.05, 3.63) is 41.2 Å². The van der Waals surface area contributed by atoms with Gasteiger partial charge in [0.05, 0.1) is 4.90 Å². The van der Waals surface area contributed by atoms with Gasteiger partial charge < -0.3 is 9.80 Å². The third-order valence-electron chi connectivity index (χ3n) is 9.01. The number of nitrogens with zero attached hydrogens (tertiary/aromatic N) is 5. The predicted molar refractivity (Wildman–Crippen MR) is 129 cm³/mol. The Kier molecular flexibility index (Phi) is 5.28. The van der Waals surface area contributed by atoms with Crippen molar-refractivity contribution in [2.75, 3.05) is 39.3 Å². The van der Waals surface area contributed by atoms with Crippen LogP contribution < -0.4 is 0 Å². The quantitative estimate of drug-likeness (QED) is 0.556. The summed E-state index contributed by atoms with van der Waals surface area (Å²) in [6.45, 7) is 4.23. The molecule has 3 saturated heterocycles. The number of alkyl halides is 3. The molecular formula is C25H28F4N6O3S. The highest BCUT2D eigenvalue weighted by atomic mass is 32.2. The molecule has 2 spiro atoms. The lowest BCUT2D eigenvalue weighted by molar-refractivity contribution is -0.117. The number of sulfone groups is 1. The van der Waals surface area contributed by atoms with Gasteiger partial charge in [-0.15, -0.1) is 0 Å². The number of carbonyl (C=O) groups excluding carboxylic acids is 1. The first kappa shape index (κ1) is 25.2. The summed E-state index contributed by atoms with van der Waals surface area (Å²) in [4.78, 5) is 22.2. The number of H-pyrrole nitrogens is 1. The Balaban J connectivity index is 0.857. The number of nitrogens with one attached hydrogen (secondary N) is 1. The Morgan fingerprint density at radius 3 is 2.23 bits per heavy atom. The van der Waals surface area contributed by atoms with Crippen LogP contribution in [0, 0.1) is 16.6 Å². The van der Waals surface area contributed by atoms with E-state index in [1.807, 2.05) is 14.7 Å². The molecule has 0 bridgehead atoms. The van der Waals surface area contributed by atoms with E-state index >= 15 is 0 Å². The van der Waals surface area contributed by atoms with Crippen LogP contribution in [0.1, 0.15) is 54.7 Å². The SMILES string of the molecule is O=C(N1CC2(CC(c3nc(C4CC4)n[nH]3)C2)C1)N1CC2(CN(Cc3ccc(S(=O)(=O)C(F)(F)F)cc3F)C2)C1. The second-order valence-corrected chi connectivity index (χ2v) is 14.2. The molecule has 210 valence electrons. The number of rotatable bonds is 5. The van der Waals surface area contributed by atoms with Crippen molar-refractivity contribution in [3.63, 3.8) is 0 Å². The summed E-state index contributed by atoms with van der Waals surface area (Å²) in [6, 6.07) is 2.37. The number of amides is 2. The Labute approximate surface area is 222 Å². The Hall–Kier alpha value is -2.74. The molecule has 5 fully saturated rings. The van der Waals surface area contributed by atoms with E-state index < -0.39 is 26.1 Å². The minimum absolute atomic E-state index is 0.0403. The molecule has 39 heavy (non-hydrogen) atoms. The maximum Gasteiger partial charge on any atom is 0.501 e. The summed E-state index contributed by atoms with van der Waals surface area (Å²) < 4.78 is 75.6. The van der Waals surface area contributed by atoms with Crippen molar-refractivity contribution in [2.24, 2.45) is 10.8 Å². The number of halogens is 4. The van der Waals surface area contributed by atoms with Crippen molar-refractivity contribution in [2.45, 2.75) is 54.5 Å². The van der Waals surface area contributed by atoms with Crippen molar-refractivity contribution in [3.8, 4) is 0 Å². The molecule has 9 nitrogen and oxygen atoms in total. The fourth-order valence-corrected chi connectivity index (χ4v) is 7.61. The summed E-state index contributed by atoms with van der Waals surface area (Å²) in [7, 11) is -5.59. The minimum atomic E-state index is -5.59. The molecular weight excluding hydrogens is 540 g/mol. The standard InChI is InChI=1S/C25H28F4N6O3S/c26-19-5-18(39(37,38)25(27,28)29)4-3-16(19)8-33-9-24(10-33)13-35(14-24)22(36)34-11-23(12-34)6-17(7-23)21-30-20(31-32-21)15-1-2-15/h3-5,15,17H,1-2,6-14H2,(H,30,31,32). The number of hydrogen-bond acceptors (Lipinski definition) is 6. The zero-order chi connectivity index (χ0) is 27.4. The summed E-state index contributed by atoms with van der Waals surface area (Å²) in [5, 5.41) is 7.45. The summed E-state index contributed by atoms with van der Waals surface area (Å²) in [5.74, 6) is 1.86. The molecule has 5 aliphatic rings. The van der Waals surface area contributed by atoms with Crippen LogP contribution in [0.4, 0.5) is 22.4 Å². The molecule has 0 unspecified atom stereocenters. The molecule has 2 aliphatic carbocycles. The van der Waals surface area contributed by atoms with Crippen LogP contribution in [0.2, 0.25) is 0 Å². The van der Waals surface area contributed by atoms with E-state index in [0.717, 1.165) is 49.7 Å². The average Bonchev–Trinajstić information content (AvgIpc) is 3.50. The van der Waals surface area contributed by atoms with Crippen LogP contribution in [0.15, 0.2) is 23.1 Å². The average molecular weight is 569 g/mol. The number of aromatic nitrogens is 3. The number of hydrogen-bond donors (Lipinski definition) is 1. The lowest BCUT2D eigenvalue weighted by Gasteiger charge is -2.63. The van der Waals surface area contributed by atoms with Crippen LogP contribution in [0.3, 0.4) is 0 Å². The van der Waals surface area contributed by atoms with Crippen LogP contribution >= 0.6 is 0 Å². The van der Waals surface area contributed by atoms with Crippen molar-refractivity contribution < 1.29 is 30.8 Å². The second-order valence-electron chi connectivity index (χ2n) is 12.3. The van der Waals surface area contributed by atoms with Crippen LogP contribution in [0.25, 0.3) is 0 Å². The smallest absolute Gasteiger partial charge is 0.323 e. The monoisotopic (exact) mass is 568 g/mol. The maximum absolute atomic E-state index is 14.4. The van der Waals surface area contributed by atoms with E-state index in [4.69, 9.17) is 0 Å². The van der Waals surface area contributed by atoms with E-state index in [9.17, 15) is 30.8 Å². The van der Waals surface area contributed by atoms with Crippen LogP contribution in [0.5, 0.6) is 0 Å². The van der Waals surface area contributed by atoms with E-state index in [-0.39, 0.29) is 29.0 Å². The highest BCUT2D eigenvalue weighted by molar-refractivity contribution is 7.92. The zero-order valence-corrected chi connectivity index (χ0v) is 21.9.